The molecule has 1 amide bonds. The molecule has 1 aromatic rings. The van der Waals surface area contributed by atoms with Gasteiger partial charge < -0.3 is 5.32 Å². The van der Waals surface area contributed by atoms with Crippen LogP contribution in [-0.4, -0.2) is 11.8 Å². The number of nitrogens with one attached hydrogen (secondary N) is 1. The molecule has 1 rings (SSSR count). The molecular formula is C10H10BrClFNO. The first-order chi connectivity index (χ1) is 7.13. The second kappa shape index (κ2) is 6.08. The summed E-state index contributed by atoms with van der Waals surface area (Å²) in [5.74, 6) is -0.251. The molecule has 1 aromatic carbocycles. The van der Waals surface area contributed by atoms with Crippen LogP contribution >= 0.6 is 27.5 Å². The molecule has 0 aliphatic rings. The summed E-state index contributed by atoms with van der Waals surface area (Å²) >= 11 is 8.64. The van der Waals surface area contributed by atoms with Crippen molar-refractivity contribution >= 4 is 39.1 Å². The molecule has 0 aromatic heterocycles. The molecule has 0 atom stereocenters. The van der Waals surface area contributed by atoms with Crippen molar-refractivity contribution in [2.24, 2.45) is 0 Å². The van der Waals surface area contributed by atoms with Crippen LogP contribution in [0.2, 0.25) is 0 Å². The Labute approximate surface area is 101 Å². The van der Waals surface area contributed by atoms with Crippen LogP contribution in [-0.2, 0) is 4.79 Å². The Bertz CT molecular complexity index is 359. The largest absolute Gasteiger partial charge is 0.324 e. The van der Waals surface area contributed by atoms with Crippen LogP contribution in [0.1, 0.15) is 12.8 Å². The summed E-state index contributed by atoms with van der Waals surface area (Å²) in [4.78, 5) is 11.3. The molecule has 0 bridgehead atoms. The first kappa shape index (κ1) is 12.5. The molecule has 0 heterocycles. The topological polar surface area (TPSA) is 29.1 Å². The average molecular weight is 295 g/mol. The first-order valence-electron chi connectivity index (χ1n) is 4.44. The van der Waals surface area contributed by atoms with E-state index in [2.05, 4.69) is 21.2 Å². The van der Waals surface area contributed by atoms with E-state index in [0.29, 0.717) is 18.7 Å². The normalized spacial score (nSPS) is 10.1. The maximum Gasteiger partial charge on any atom is 0.224 e. The minimum absolute atomic E-state index is 0.184. The minimum Gasteiger partial charge on any atom is -0.324 e. The lowest BCUT2D eigenvalue weighted by Gasteiger charge is -2.06. The molecule has 82 valence electrons. The molecule has 0 unspecified atom stereocenters. The molecule has 0 aliphatic carbocycles. The molecule has 1 N–H and O–H groups in total. The van der Waals surface area contributed by atoms with Gasteiger partial charge in [0.25, 0.3) is 0 Å². The van der Waals surface area contributed by atoms with Gasteiger partial charge in [-0.1, -0.05) is 15.9 Å². The predicted octanol–water partition coefficient (Wildman–Crippen LogP) is 3.55. The van der Waals surface area contributed by atoms with E-state index in [9.17, 15) is 9.18 Å². The van der Waals surface area contributed by atoms with E-state index in [0.717, 1.165) is 4.47 Å². The lowest BCUT2D eigenvalue weighted by Crippen LogP contribution is -2.12. The van der Waals surface area contributed by atoms with Gasteiger partial charge in [0.15, 0.2) is 0 Å². The summed E-state index contributed by atoms with van der Waals surface area (Å²) in [6, 6.07) is 4.39. The van der Waals surface area contributed by atoms with Gasteiger partial charge in [-0.3, -0.25) is 4.79 Å². The summed E-state index contributed by atoms with van der Waals surface area (Å²) in [6.07, 6.45) is 0.887. The van der Waals surface area contributed by atoms with E-state index in [4.69, 9.17) is 11.6 Å². The summed E-state index contributed by atoms with van der Waals surface area (Å²) in [7, 11) is 0. The van der Waals surface area contributed by atoms with Crippen LogP contribution in [0, 0.1) is 5.82 Å². The van der Waals surface area contributed by atoms with Gasteiger partial charge in [-0.15, -0.1) is 11.6 Å². The first-order valence-corrected chi connectivity index (χ1v) is 5.77. The molecule has 0 radical (unpaired) electrons. The van der Waals surface area contributed by atoms with E-state index >= 15 is 0 Å². The van der Waals surface area contributed by atoms with Crippen molar-refractivity contribution in [2.75, 3.05) is 11.2 Å². The van der Waals surface area contributed by atoms with Gasteiger partial charge in [0.2, 0.25) is 5.91 Å². The van der Waals surface area contributed by atoms with Crippen molar-refractivity contribution in [1.29, 1.82) is 0 Å². The third-order valence-electron chi connectivity index (χ3n) is 1.74. The van der Waals surface area contributed by atoms with Crippen molar-refractivity contribution < 1.29 is 9.18 Å². The molecule has 2 nitrogen and oxygen atoms in total. The number of hydrogen-bond donors (Lipinski definition) is 1. The Morgan fingerprint density at radius 1 is 1.53 bits per heavy atom. The van der Waals surface area contributed by atoms with Gasteiger partial charge >= 0.3 is 0 Å². The molecule has 5 heteroatoms. The number of anilines is 1. The smallest absolute Gasteiger partial charge is 0.224 e. The molecule has 0 saturated heterocycles. The van der Waals surface area contributed by atoms with Crippen molar-refractivity contribution in [3.8, 4) is 0 Å². The number of rotatable bonds is 4. The second-order valence-corrected chi connectivity index (χ2v) is 4.26. The van der Waals surface area contributed by atoms with Gasteiger partial charge in [-0.25, -0.2) is 4.39 Å². The minimum atomic E-state index is -0.447. The summed E-state index contributed by atoms with van der Waals surface area (Å²) < 4.78 is 13.9. The highest BCUT2D eigenvalue weighted by molar-refractivity contribution is 9.10. The van der Waals surface area contributed by atoms with E-state index in [1.807, 2.05) is 0 Å². The van der Waals surface area contributed by atoms with Gasteiger partial charge in [0, 0.05) is 16.8 Å². The van der Waals surface area contributed by atoms with Gasteiger partial charge in [-0.05, 0) is 24.6 Å². The third kappa shape index (κ3) is 4.18. The highest BCUT2D eigenvalue weighted by Gasteiger charge is 2.06. The Kier molecular flexibility index (Phi) is 5.05. The number of amides is 1. The van der Waals surface area contributed by atoms with Crippen LogP contribution in [0.15, 0.2) is 22.7 Å². The highest BCUT2D eigenvalue weighted by atomic mass is 79.9. The zero-order chi connectivity index (χ0) is 11.3. The van der Waals surface area contributed by atoms with Gasteiger partial charge in [-0.2, -0.15) is 0 Å². The summed E-state index contributed by atoms with van der Waals surface area (Å²) in [5, 5.41) is 2.48. The fraction of sp³-hybridized carbons (Fsp3) is 0.300. The van der Waals surface area contributed by atoms with Crippen LogP contribution in [0.4, 0.5) is 10.1 Å². The second-order valence-electron chi connectivity index (χ2n) is 2.96. The SMILES string of the molecule is O=C(CCCCl)Nc1cc(Br)ccc1F. The maximum absolute atomic E-state index is 13.2. The van der Waals surface area contributed by atoms with Gasteiger partial charge in [0.1, 0.15) is 5.82 Å². The fourth-order valence-corrected chi connectivity index (χ4v) is 1.53. The number of carbonyl (C=O) groups excluding carboxylic acids is 1. The van der Waals surface area contributed by atoms with E-state index in [1.54, 1.807) is 6.07 Å². The number of benzene rings is 1. The number of hydrogen-bond acceptors (Lipinski definition) is 1. The summed E-state index contributed by atoms with van der Waals surface area (Å²) in [6.45, 7) is 0. The van der Waals surface area contributed by atoms with Crippen molar-refractivity contribution in [3.05, 3.63) is 28.5 Å². The molecule has 0 fully saturated rings. The van der Waals surface area contributed by atoms with E-state index in [-0.39, 0.29) is 11.6 Å². The quantitative estimate of drug-likeness (QED) is 0.846. The fourth-order valence-electron chi connectivity index (χ4n) is 1.03. The Hall–Kier alpha value is -0.610. The number of carbonyl (C=O) groups is 1. The monoisotopic (exact) mass is 293 g/mol. The van der Waals surface area contributed by atoms with Crippen LogP contribution < -0.4 is 5.32 Å². The van der Waals surface area contributed by atoms with Crippen molar-refractivity contribution in [3.63, 3.8) is 0 Å². The van der Waals surface area contributed by atoms with Gasteiger partial charge in [0.05, 0.1) is 5.69 Å². The lowest BCUT2D eigenvalue weighted by atomic mass is 10.2. The molecule has 0 aliphatic heterocycles. The van der Waals surface area contributed by atoms with E-state index < -0.39 is 5.82 Å². The van der Waals surface area contributed by atoms with E-state index in [1.165, 1.54) is 12.1 Å². The Morgan fingerprint density at radius 3 is 2.93 bits per heavy atom. The lowest BCUT2D eigenvalue weighted by molar-refractivity contribution is -0.116. The molecule has 0 saturated carbocycles. The highest BCUT2D eigenvalue weighted by Crippen LogP contribution is 2.20. The average Bonchev–Trinajstić information content (AvgIpc) is 2.20. The number of alkyl halides is 1. The van der Waals surface area contributed by atoms with Crippen molar-refractivity contribution in [1.82, 2.24) is 0 Å². The zero-order valence-electron chi connectivity index (χ0n) is 7.90. The predicted molar refractivity (Wildman–Crippen MR) is 62.7 cm³/mol. The summed E-state index contributed by atoms with van der Waals surface area (Å²) in [5.41, 5.74) is 0.184. The zero-order valence-corrected chi connectivity index (χ0v) is 10.2. The standard InChI is InChI=1S/C10H10BrClFNO/c11-7-3-4-8(13)9(6-7)14-10(15)2-1-5-12/h3-4,6H,1-2,5H2,(H,14,15). The van der Waals surface area contributed by atoms with Crippen molar-refractivity contribution in [2.45, 2.75) is 12.8 Å². The molecule has 0 spiro atoms. The molecule has 15 heavy (non-hydrogen) atoms. The molecular weight excluding hydrogens is 284 g/mol. The maximum atomic E-state index is 13.2. The van der Waals surface area contributed by atoms with Crippen LogP contribution in [0.25, 0.3) is 0 Å². The number of halogens is 3. The Balaban J connectivity index is 2.63. The third-order valence-corrected chi connectivity index (χ3v) is 2.50. The Morgan fingerprint density at radius 2 is 2.27 bits per heavy atom. The van der Waals surface area contributed by atoms with Crippen LogP contribution in [0.3, 0.4) is 0 Å². The van der Waals surface area contributed by atoms with Crippen LogP contribution in [0.5, 0.6) is 0 Å².